The fraction of sp³-hybridized carbons (Fsp3) is 0.250. The molecule has 0 amide bonds. The molecule has 3 heterocycles. The van der Waals surface area contributed by atoms with Crippen LogP contribution >= 0.6 is 11.8 Å². The summed E-state index contributed by atoms with van der Waals surface area (Å²) in [7, 11) is 0. The maximum absolute atomic E-state index is 4.15. The molecule has 3 nitrogen and oxygen atoms in total. The number of para-hydroxylation sites is 1. The third-order valence-electron chi connectivity index (χ3n) is 8.37. The summed E-state index contributed by atoms with van der Waals surface area (Å²) < 4.78 is 0. The van der Waals surface area contributed by atoms with E-state index in [0.29, 0.717) is 17.3 Å². The molecular formula is C32H31N3S. The van der Waals surface area contributed by atoms with Gasteiger partial charge in [0.05, 0.1) is 11.4 Å². The molecule has 0 saturated carbocycles. The number of rotatable bonds is 6. The molecule has 3 aliphatic heterocycles. The third kappa shape index (κ3) is 3.59. The summed E-state index contributed by atoms with van der Waals surface area (Å²) in [5, 5.41) is 8.35. The number of nitrogens with zero attached hydrogens (tertiary/aromatic N) is 1. The van der Waals surface area contributed by atoms with E-state index >= 15 is 0 Å². The lowest BCUT2D eigenvalue weighted by Crippen LogP contribution is -2.48. The Morgan fingerprint density at radius 1 is 0.806 bits per heavy atom. The van der Waals surface area contributed by atoms with Gasteiger partial charge in [0.1, 0.15) is 0 Å². The molecule has 0 aromatic heterocycles. The Morgan fingerprint density at radius 2 is 1.47 bits per heavy atom. The van der Waals surface area contributed by atoms with Gasteiger partial charge in [-0.15, -0.1) is 11.8 Å². The second-order valence-electron chi connectivity index (χ2n) is 10.3. The van der Waals surface area contributed by atoms with Crippen LogP contribution in [0.25, 0.3) is 0 Å². The number of hydrogen-bond acceptors (Lipinski definition) is 4. The average molecular weight is 490 g/mol. The van der Waals surface area contributed by atoms with Gasteiger partial charge in [0.15, 0.2) is 0 Å². The number of thioether (sulfide) groups is 1. The van der Waals surface area contributed by atoms with E-state index in [2.05, 4.69) is 131 Å². The van der Waals surface area contributed by atoms with Crippen LogP contribution in [0.4, 0.5) is 5.69 Å². The maximum atomic E-state index is 4.15. The van der Waals surface area contributed by atoms with Crippen LogP contribution in [-0.4, -0.2) is 29.7 Å². The minimum atomic E-state index is 0.0698. The minimum absolute atomic E-state index is 0.0698. The van der Waals surface area contributed by atoms with Gasteiger partial charge in [0, 0.05) is 34.6 Å². The molecule has 36 heavy (non-hydrogen) atoms. The first-order valence-corrected chi connectivity index (χ1v) is 13.9. The zero-order valence-electron chi connectivity index (χ0n) is 20.3. The SMILES string of the molecule is c1ccc(CN2CCC34c5ccccc5NC3NC([C@@H](Sc3ccccc3)c3ccccc3)C24)cc1. The highest BCUT2D eigenvalue weighted by Crippen LogP contribution is 2.57. The third-order valence-corrected chi connectivity index (χ3v) is 9.73. The lowest BCUT2D eigenvalue weighted by Gasteiger charge is -2.37. The van der Waals surface area contributed by atoms with Gasteiger partial charge in [-0.1, -0.05) is 97.1 Å². The lowest BCUT2D eigenvalue weighted by atomic mass is 9.73. The summed E-state index contributed by atoms with van der Waals surface area (Å²) in [5.74, 6) is 0. The largest absolute Gasteiger partial charge is 0.369 e. The normalized spacial score (nSPS) is 27.2. The standard InChI is InChI=1S/C32H31N3S/c1-4-12-23(13-5-1)22-35-21-20-32-26-18-10-11-19-27(26)33-31(32)34-28(30(32)35)29(24-14-6-2-7-15-24)36-25-16-8-3-9-17-25/h1-19,28-31,33-34H,20-22H2/t28?,29-,30?,31?,32?/m0/s1. The lowest BCUT2D eigenvalue weighted by molar-refractivity contribution is 0.197. The molecule has 0 bridgehead atoms. The highest BCUT2D eigenvalue weighted by atomic mass is 32.2. The van der Waals surface area contributed by atoms with E-state index in [1.54, 1.807) is 0 Å². The Morgan fingerprint density at radius 3 is 2.25 bits per heavy atom. The van der Waals surface area contributed by atoms with Gasteiger partial charge in [0.25, 0.3) is 0 Å². The van der Waals surface area contributed by atoms with Crippen molar-refractivity contribution in [3.05, 3.63) is 132 Å². The second-order valence-corrected chi connectivity index (χ2v) is 11.5. The minimum Gasteiger partial charge on any atom is -0.369 e. The molecule has 2 saturated heterocycles. The van der Waals surface area contributed by atoms with Crippen molar-refractivity contribution in [1.82, 2.24) is 10.2 Å². The van der Waals surface area contributed by atoms with Gasteiger partial charge >= 0.3 is 0 Å². The van der Waals surface area contributed by atoms with E-state index in [4.69, 9.17) is 0 Å². The van der Waals surface area contributed by atoms with Crippen LogP contribution in [0.3, 0.4) is 0 Å². The van der Waals surface area contributed by atoms with Crippen molar-refractivity contribution >= 4 is 17.4 Å². The molecule has 7 rings (SSSR count). The summed E-state index contributed by atoms with van der Waals surface area (Å²) in [6.45, 7) is 2.10. The molecule has 0 aliphatic carbocycles. The predicted molar refractivity (Wildman–Crippen MR) is 149 cm³/mol. The number of hydrogen-bond donors (Lipinski definition) is 2. The molecular weight excluding hydrogens is 458 g/mol. The van der Waals surface area contributed by atoms with Crippen LogP contribution < -0.4 is 10.6 Å². The molecule has 1 spiro atoms. The Kier molecular flexibility index (Phi) is 5.61. The molecule has 4 unspecified atom stereocenters. The second kappa shape index (κ2) is 9.11. The van der Waals surface area contributed by atoms with Crippen molar-refractivity contribution in [2.75, 3.05) is 11.9 Å². The molecule has 4 aromatic carbocycles. The summed E-state index contributed by atoms with van der Waals surface area (Å²) >= 11 is 2.00. The van der Waals surface area contributed by atoms with E-state index < -0.39 is 0 Å². The van der Waals surface area contributed by atoms with Crippen LogP contribution in [0.2, 0.25) is 0 Å². The number of nitrogens with one attached hydrogen (secondary N) is 2. The molecule has 2 fully saturated rings. The summed E-state index contributed by atoms with van der Waals surface area (Å²) in [5.41, 5.74) is 5.64. The first-order valence-electron chi connectivity index (χ1n) is 13.0. The highest BCUT2D eigenvalue weighted by molar-refractivity contribution is 7.99. The quantitative estimate of drug-likeness (QED) is 0.304. The van der Waals surface area contributed by atoms with Crippen LogP contribution in [0.15, 0.2) is 120 Å². The molecule has 180 valence electrons. The topological polar surface area (TPSA) is 27.3 Å². The summed E-state index contributed by atoms with van der Waals surface area (Å²) in [6.07, 6.45) is 1.41. The molecule has 5 atom stereocenters. The van der Waals surface area contributed by atoms with E-state index in [0.717, 1.165) is 13.1 Å². The smallest absolute Gasteiger partial charge is 0.0887 e. The van der Waals surface area contributed by atoms with E-state index in [1.807, 2.05) is 11.8 Å². The van der Waals surface area contributed by atoms with Crippen molar-refractivity contribution in [3.8, 4) is 0 Å². The van der Waals surface area contributed by atoms with Crippen molar-refractivity contribution in [3.63, 3.8) is 0 Å². The fourth-order valence-electron chi connectivity index (χ4n) is 6.91. The Hall–Kier alpha value is -3.05. The van der Waals surface area contributed by atoms with Crippen LogP contribution in [0, 0.1) is 0 Å². The fourth-order valence-corrected chi connectivity index (χ4v) is 8.19. The Labute approximate surface area is 217 Å². The zero-order chi connectivity index (χ0) is 24.0. The molecule has 0 radical (unpaired) electrons. The monoisotopic (exact) mass is 489 g/mol. The first kappa shape index (κ1) is 22.2. The number of likely N-dealkylation sites (tertiary alicyclic amines) is 1. The van der Waals surface area contributed by atoms with Crippen molar-refractivity contribution < 1.29 is 0 Å². The summed E-state index contributed by atoms with van der Waals surface area (Å²) in [6, 6.07) is 42.7. The molecule has 2 N–H and O–H groups in total. The van der Waals surface area contributed by atoms with Crippen LogP contribution in [0.1, 0.15) is 28.4 Å². The van der Waals surface area contributed by atoms with E-state index in [1.165, 1.54) is 33.7 Å². The van der Waals surface area contributed by atoms with Crippen molar-refractivity contribution in [2.24, 2.45) is 0 Å². The van der Waals surface area contributed by atoms with Gasteiger partial charge in [-0.25, -0.2) is 0 Å². The first-order chi connectivity index (χ1) is 17.8. The highest BCUT2D eigenvalue weighted by Gasteiger charge is 2.65. The Bertz CT molecular complexity index is 1330. The number of anilines is 1. The Balaban J connectivity index is 1.33. The predicted octanol–water partition coefficient (Wildman–Crippen LogP) is 6.46. The molecule has 3 aliphatic rings. The maximum Gasteiger partial charge on any atom is 0.0887 e. The van der Waals surface area contributed by atoms with Crippen LogP contribution in [-0.2, 0) is 12.0 Å². The van der Waals surface area contributed by atoms with E-state index in [-0.39, 0.29) is 11.6 Å². The van der Waals surface area contributed by atoms with Gasteiger partial charge in [-0.05, 0) is 47.9 Å². The number of benzene rings is 4. The number of fused-ring (bicyclic) bond motifs is 1. The van der Waals surface area contributed by atoms with Crippen molar-refractivity contribution in [2.45, 2.75) is 46.8 Å². The van der Waals surface area contributed by atoms with Gasteiger partial charge in [-0.3, -0.25) is 10.2 Å². The average Bonchev–Trinajstić information content (AvgIpc) is 3.56. The van der Waals surface area contributed by atoms with E-state index in [9.17, 15) is 0 Å². The van der Waals surface area contributed by atoms with Gasteiger partial charge < -0.3 is 5.32 Å². The molecule has 4 aromatic rings. The molecule has 4 heteroatoms. The zero-order valence-corrected chi connectivity index (χ0v) is 21.1. The summed E-state index contributed by atoms with van der Waals surface area (Å²) in [4.78, 5) is 4.08. The van der Waals surface area contributed by atoms with Crippen LogP contribution in [0.5, 0.6) is 0 Å². The van der Waals surface area contributed by atoms with Gasteiger partial charge in [-0.2, -0.15) is 0 Å². The van der Waals surface area contributed by atoms with Crippen molar-refractivity contribution in [1.29, 1.82) is 0 Å². The van der Waals surface area contributed by atoms with Gasteiger partial charge in [0.2, 0.25) is 0 Å².